The quantitative estimate of drug-likeness (QED) is 0.146. The first-order valence-electron chi connectivity index (χ1n) is 13.4. The van der Waals surface area contributed by atoms with Crippen LogP contribution >= 0.6 is 11.8 Å². The van der Waals surface area contributed by atoms with Gasteiger partial charge in [0.25, 0.3) is 11.8 Å². The van der Waals surface area contributed by atoms with Crippen LogP contribution in [0.25, 0.3) is 6.08 Å². The van der Waals surface area contributed by atoms with Gasteiger partial charge in [-0.1, -0.05) is 24.3 Å². The summed E-state index contributed by atoms with van der Waals surface area (Å²) in [4.78, 5) is 65.5. The number of aryl methyl sites for hydroxylation is 1. The number of hydrogen-bond donors (Lipinski definition) is 2. The van der Waals surface area contributed by atoms with E-state index in [1.54, 1.807) is 97.9 Å². The van der Waals surface area contributed by atoms with E-state index >= 15 is 0 Å². The third-order valence-corrected chi connectivity index (χ3v) is 7.76. The summed E-state index contributed by atoms with van der Waals surface area (Å²) in [5.74, 6) is -0.792. The zero-order valence-corrected chi connectivity index (χ0v) is 24.1. The van der Waals surface area contributed by atoms with Crippen molar-refractivity contribution < 1.29 is 28.4 Å². The molecular formula is C33H27N3O6S. The second-order valence-electron chi connectivity index (χ2n) is 9.79. The van der Waals surface area contributed by atoms with E-state index in [9.17, 15) is 24.0 Å². The van der Waals surface area contributed by atoms with Gasteiger partial charge >= 0.3 is 0 Å². The van der Waals surface area contributed by atoms with Gasteiger partial charge in [0.05, 0.1) is 10.9 Å². The minimum Gasteiger partial charge on any atom is -0.462 e. The highest BCUT2D eigenvalue weighted by atomic mass is 32.2. The first-order valence-corrected chi connectivity index (χ1v) is 14.3. The van der Waals surface area contributed by atoms with Crippen molar-refractivity contribution in [1.82, 2.24) is 5.32 Å². The van der Waals surface area contributed by atoms with Gasteiger partial charge in [0, 0.05) is 34.2 Å². The lowest BCUT2D eigenvalue weighted by Crippen LogP contribution is -2.31. The Morgan fingerprint density at radius 3 is 2.33 bits per heavy atom. The number of carbonyl (C=O) groups excluding carboxylic acids is 5. The summed E-state index contributed by atoms with van der Waals surface area (Å²) in [6.07, 6.45) is 1.46. The van der Waals surface area contributed by atoms with Crippen LogP contribution in [0.5, 0.6) is 0 Å². The Morgan fingerprint density at radius 2 is 1.65 bits per heavy atom. The molecule has 1 aromatic heterocycles. The van der Waals surface area contributed by atoms with Crippen molar-refractivity contribution in [3.05, 3.63) is 119 Å². The molecule has 9 nitrogen and oxygen atoms in total. The van der Waals surface area contributed by atoms with E-state index in [0.29, 0.717) is 38.9 Å². The Bertz CT molecular complexity index is 1740. The van der Waals surface area contributed by atoms with Crippen molar-refractivity contribution in [1.29, 1.82) is 0 Å². The molecule has 0 spiro atoms. The van der Waals surface area contributed by atoms with Crippen molar-refractivity contribution >= 4 is 58.6 Å². The fourth-order valence-corrected chi connectivity index (χ4v) is 5.55. The second-order valence-corrected chi connectivity index (χ2v) is 11.1. The van der Waals surface area contributed by atoms with E-state index < -0.39 is 17.1 Å². The van der Waals surface area contributed by atoms with Crippen LogP contribution in [-0.4, -0.2) is 34.7 Å². The summed E-state index contributed by atoms with van der Waals surface area (Å²) < 4.78 is 5.58. The number of nitrogens with one attached hydrogen (secondary N) is 2. The molecule has 4 amide bonds. The Morgan fingerprint density at radius 1 is 0.907 bits per heavy atom. The van der Waals surface area contributed by atoms with Gasteiger partial charge in [-0.3, -0.25) is 24.0 Å². The highest BCUT2D eigenvalue weighted by molar-refractivity contribution is 8.00. The summed E-state index contributed by atoms with van der Waals surface area (Å²) in [5.41, 5.74) is 1.69. The van der Waals surface area contributed by atoms with Gasteiger partial charge in [0.1, 0.15) is 17.2 Å². The maximum Gasteiger partial charge on any atom is 0.272 e. The van der Waals surface area contributed by atoms with Crippen LogP contribution in [0.15, 0.2) is 106 Å². The van der Waals surface area contributed by atoms with Crippen LogP contribution < -0.4 is 15.5 Å². The van der Waals surface area contributed by atoms with E-state index in [1.807, 2.05) is 0 Å². The molecule has 0 saturated carbocycles. The first kappa shape index (κ1) is 29.3. The highest BCUT2D eigenvalue weighted by Gasteiger charge is 2.40. The number of Topliss-reactive ketones (excluding diaryl/α,β-unsaturated/α-hetero) is 1. The monoisotopic (exact) mass is 593 g/mol. The Labute approximate surface area is 252 Å². The molecule has 1 fully saturated rings. The van der Waals surface area contributed by atoms with E-state index in [-0.39, 0.29) is 29.7 Å². The molecule has 1 atom stereocenters. The minimum atomic E-state index is -0.659. The normalized spacial score (nSPS) is 15.0. The molecule has 2 N–H and O–H groups in total. The van der Waals surface area contributed by atoms with Crippen LogP contribution in [0, 0.1) is 6.92 Å². The number of furan rings is 1. The van der Waals surface area contributed by atoms with Gasteiger partial charge in [0.15, 0.2) is 5.78 Å². The van der Waals surface area contributed by atoms with E-state index in [2.05, 4.69) is 10.6 Å². The number of thioether (sulfide) groups is 1. The first-order chi connectivity index (χ1) is 20.7. The van der Waals surface area contributed by atoms with E-state index in [0.717, 1.165) is 4.90 Å². The summed E-state index contributed by atoms with van der Waals surface area (Å²) in [7, 11) is 0. The average molecular weight is 594 g/mol. The summed E-state index contributed by atoms with van der Waals surface area (Å²) in [6.45, 7) is 3.22. The number of anilines is 2. The molecule has 216 valence electrons. The fourth-order valence-electron chi connectivity index (χ4n) is 4.44. The molecule has 0 bridgehead atoms. The molecule has 10 heteroatoms. The zero-order valence-electron chi connectivity index (χ0n) is 23.3. The summed E-state index contributed by atoms with van der Waals surface area (Å²) in [6, 6.07) is 25.2. The SMILES string of the molecule is CC(=O)c1ccc(N2C(=O)C[C@@H](Sc3cccc(NC(=O)/C(=C\c4ccc(C)o4)NC(=O)c4ccccc4)c3)C2=O)cc1. The van der Waals surface area contributed by atoms with Crippen LogP contribution in [0.4, 0.5) is 11.4 Å². The lowest BCUT2D eigenvalue weighted by molar-refractivity contribution is -0.121. The number of nitrogens with zero attached hydrogens (tertiary/aromatic N) is 1. The summed E-state index contributed by atoms with van der Waals surface area (Å²) in [5, 5.41) is 4.80. The molecule has 0 radical (unpaired) electrons. The molecule has 1 aliphatic heterocycles. The summed E-state index contributed by atoms with van der Waals surface area (Å²) >= 11 is 1.22. The molecule has 0 aliphatic carbocycles. The maximum absolute atomic E-state index is 13.3. The lowest BCUT2D eigenvalue weighted by atomic mass is 10.1. The van der Waals surface area contributed by atoms with Gasteiger partial charge in [-0.2, -0.15) is 0 Å². The Balaban J connectivity index is 1.30. The van der Waals surface area contributed by atoms with E-state index in [1.165, 1.54) is 24.8 Å². The molecule has 3 aromatic carbocycles. The van der Waals surface area contributed by atoms with Crippen molar-refractivity contribution in [2.24, 2.45) is 0 Å². The minimum absolute atomic E-state index is 0.00944. The maximum atomic E-state index is 13.3. The predicted molar refractivity (Wildman–Crippen MR) is 164 cm³/mol. The molecular weight excluding hydrogens is 566 g/mol. The molecule has 0 unspecified atom stereocenters. The Kier molecular flexibility index (Phi) is 8.68. The fraction of sp³-hybridized carbons (Fsp3) is 0.121. The molecule has 43 heavy (non-hydrogen) atoms. The molecule has 1 aliphatic rings. The third kappa shape index (κ3) is 6.99. The highest BCUT2D eigenvalue weighted by Crippen LogP contribution is 2.35. The lowest BCUT2D eigenvalue weighted by Gasteiger charge is -2.15. The molecule has 2 heterocycles. The standard InChI is InChI=1S/C33H27N3O6S/c1-20-11-16-26(42-20)18-28(35-31(39)23-7-4-3-5-8-23)32(40)34-24-9-6-10-27(17-24)43-29-19-30(38)36(33(29)41)25-14-12-22(13-15-25)21(2)37/h3-18,29H,19H2,1-2H3,(H,34,40)(H,35,39)/b28-18+/t29-/m1/s1. The second kappa shape index (κ2) is 12.7. The van der Waals surface area contributed by atoms with Crippen molar-refractivity contribution in [2.75, 3.05) is 10.2 Å². The van der Waals surface area contributed by atoms with Gasteiger partial charge in [-0.05, 0) is 80.6 Å². The number of imide groups is 1. The average Bonchev–Trinajstić information content (AvgIpc) is 3.53. The Hall–Kier alpha value is -5.22. The van der Waals surface area contributed by atoms with Crippen LogP contribution in [0.3, 0.4) is 0 Å². The van der Waals surface area contributed by atoms with Gasteiger partial charge in [0.2, 0.25) is 11.8 Å². The van der Waals surface area contributed by atoms with Gasteiger partial charge < -0.3 is 15.1 Å². The van der Waals surface area contributed by atoms with Crippen molar-refractivity contribution in [2.45, 2.75) is 30.4 Å². The van der Waals surface area contributed by atoms with Crippen LogP contribution in [-0.2, 0) is 14.4 Å². The number of rotatable bonds is 9. The number of ketones is 1. The zero-order chi connectivity index (χ0) is 30.5. The predicted octanol–water partition coefficient (Wildman–Crippen LogP) is 5.62. The molecule has 5 rings (SSSR count). The largest absolute Gasteiger partial charge is 0.462 e. The van der Waals surface area contributed by atoms with E-state index in [4.69, 9.17) is 4.42 Å². The van der Waals surface area contributed by atoms with Crippen LogP contribution in [0.1, 0.15) is 45.6 Å². The molecule has 1 saturated heterocycles. The van der Waals surface area contributed by atoms with Gasteiger partial charge in [-0.15, -0.1) is 11.8 Å². The smallest absolute Gasteiger partial charge is 0.272 e. The molecule has 4 aromatic rings. The number of carbonyl (C=O) groups is 5. The van der Waals surface area contributed by atoms with Gasteiger partial charge in [-0.25, -0.2) is 4.90 Å². The van der Waals surface area contributed by atoms with Crippen LogP contribution in [0.2, 0.25) is 0 Å². The van der Waals surface area contributed by atoms with Crippen molar-refractivity contribution in [3.63, 3.8) is 0 Å². The number of amides is 4. The third-order valence-electron chi connectivity index (χ3n) is 6.58. The topological polar surface area (TPSA) is 126 Å². The number of hydrogen-bond acceptors (Lipinski definition) is 7. The number of benzene rings is 3. The van der Waals surface area contributed by atoms with Crippen molar-refractivity contribution in [3.8, 4) is 0 Å².